The van der Waals surface area contributed by atoms with Gasteiger partial charge in [-0.3, -0.25) is 9.59 Å². The Morgan fingerprint density at radius 2 is 2.06 bits per heavy atom. The maximum absolute atomic E-state index is 12.9. The van der Waals surface area contributed by atoms with Crippen LogP contribution in [0.2, 0.25) is 0 Å². The first kappa shape index (κ1) is 22.8. The molecule has 0 spiro atoms. The van der Waals surface area contributed by atoms with Gasteiger partial charge < -0.3 is 21.1 Å². The molecule has 1 unspecified atom stereocenters. The number of hydrogen-bond acceptors (Lipinski definition) is 8. The molecule has 1 aliphatic heterocycles. The molecule has 4 heterocycles. The SMILES string of the molecule is COc1ccc2c(-c3nc(N)c4c(n3)NC(=O)C4(C)C(=O)NC3CC3)nn(CCC(F)(F)F)c2n1. The van der Waals surface area contributed by atoms with Crippen LogP contribution >= 0.6 is 0 Å². The Morgan fingerprint density at radius 3 is 2.71 bits per heavy atom. The lowest BCUT2D eigenvalue weighted by atomic mass is 9.83. The van der Waals surface area contributed by atoms with Crippen molar-refractivity contribution in [2.45, 2.75) is 50.4 Å². The molecule has 0 bridgehead atoms. The number of methoxy groups -OCH3 is 1. The minimum atomic E-state index is -4.40. The number of nitrogen functional groups attached to an aromatic ring is 1. The van der Waals surface area contributed by atoms with Gasteiger partial charge in [0.05, 0.1) is 31.0 Å². The third-order valence-corrected chi connectivity index (χ3v) is 6.09. The van der Waals surface area contributed by atoms with E-state index < -0.39 is 36.4 Å². The molecular formula is C21H21F3N8O3. The molecule has 2 aliphatic rings. The van der Waals surface area contributed by atoms with Crippen molar-refractivity contribution >= 4 is 34.5 Å². The van der Waals surface area contributed by atoms with Gasteiger partial charge in [-0.15, -0.1) is 0 Å². The van der Waals surface area contributed by atoms with Crippen LogP contribution in [0.5, 0.6) is 5.88 Å². The summed E-state index contributed by atoms with van der Waals surface area (Å²) in [6, 6.07) is 3.13. The largest absolute Gasteiger partial charge is 0.481 e. The van der Waals surface area contributed by atoms with Gasteiger partial charge in [0, 0.05) is 12.1 Å². The van der Waals surface area contributed by atoms with E-state index in [4.69, 9.17) is 10.5 Å². The Morgan fingerprint density at radius 1 is 1.31 bits per heavy atom. The summed E-state index contributed by atoms with van der Waals surface area (Å²) in [4.78, 5) is 38.6. The van der Waals surface area contributed by atoms with E-state index in [0.717, 1.165) is 17.5 Å². The monoisotopic (exact) mass is 490 g/mol. The average molecular weight is 490 g/mol. The van der Waals surface area contributed by atoms with Crippen molar-refractivity contribution in [1.82, 2.24) is 30.0 Å². The second-order valence-corrected chi connectivity index (χ2v) is 8.64. The number of nitrogens with zero attached hydrogens (tertiary/aromatic N) is 5. The highest BCUT2D eigenvalue weighted by Gasteiger charge is 2.53. The van der Waals surface area contributed by atoms with Gasteiger partial charge in [-0.05, 0) is 25.8 Å². The van der Waals surface area contributed by atoms with Gasteiger partial charge in [-0.25, -0.2) is 14.6 Å². The van der Waals surface area contributed by atoms with Crippen molar-refractivity contribution in [2.24, 2.45) is 0 Å². The molecule has 0 aromatic carbocycles. The van der Waals surface area contributed by atoms with E-state index in [1.54, 1.807) is 6.07 Å². The molecule has 14 heteroatoms. The number of ether oxygens (including phenoxy) is 1. The van der Waals surface area contributed by atoms with Gasteiger partial charge in [-0.1, -0.05) is 0 Å². The number of halogens is 3. The number of hydrogen-bond donors (Lipinski definition) is 3. The van der Waals surface area contributed by atoms with Crippen molar-refractivity contribution in [3.63, 3.8) is 0 Å². The molecule has 2 amide bonds. The number of carbonyl (C=O) groups is 2. The summed E-state index contributed by atoms with van der Waals surface area (Å²) < 4.78 is 44.8. The summed E-state index contributed by atoms with van der Waals surface area (Å²) in [7, 11) is 1.38. The Kier molecular flexibility index (Phi) is 5.07. The van der Waals surface area contributed by atoms with Gasteiger partial charge in [-0.2, -0.15) is 23.3 Å². The predicted octanol–water partition coefficient (Wildman–Crippen LogP) is 1.92. The molecule has 1 saturated carbocycles. The molecule has 4 N–H and O–H groups in total. The average Bonchev–Trinajstić information content (AvgIpc) is 3.47. The molecule has 1 aliphatic carbocycles. The fourth-order valence-electron chi connectivity index (χ4n) is 3.99. The summed E-state index contributed by atoms with van der Waals surface area (Å²) >= 11 is 0. The first-order chi connectivity index (χ1) is 16.5. The van der Waals surface area contributed by atoms with Crippen molar-refractivity contribution in [1.29, 1.82) is 0 Å². The summed E-state index contributed by atoms with van der Waals surface area (Å²) in [6.45, 7) is 0.958. The lowest BCUT2D eigenvalue weighted by Crippen LogP contribution is -2.48. The third-order valence-electron chi connectivity index (χ3n) is 6.09. The van der Waals surface area contributed by atoms with Crippen molar-refractivity contribution in [3.8, 4) is 17.4 Å². The summed E-state index contributed by atoms with van der Waals surface area (Å²) in [5.74, 6) is -1.01. The van der Waals surface area contributed by atoms with E-state index in [0.29, 0.717) is 5.39 Å². The van der Waals surface area contributed by atoms with Crippen LogP contribution in [0.4, 0.5) is 24.8 Å². The molecule has 1 fully saturated rings. The lowest BCUT2D eigenvalue weighted by Gasteiger charge is -2.21. The third kappa shape index (κ3) is 3.88. The normalized spacial score (nSPS) is 19.5. The second kappa shape index (κ2) is 7.78. The lowest BCUT2D eigenvalue weighted by molar-refractivity contribution is -0.137. The van der Waals surface area contributed by atoms with E-state index in [-0.39, 0.29) is 46.3 Å². The number of pyridine rings is 1. The molecule has 1 atom stereocenters. The first-order valence-corrected chi connectivity index (χ1v) is 10.8. The number of anilines is 2. The standard InChI is InChI=1S/C21H21F3N8O3/c1-20(18(33)26-9-3-4-9)12-14(25)28-16(29-15(12)30-19(20)34)13-10-5-6-11(35-2)27-17(10)32(31-13)8-7-21(22,23)24/h5-6,9H,3-4,7-8H2,1-2H3,(H,26,33)(H3,25,28,29,30,34). The predicted molar refractivity (Wildman–Crippen MR) is 117 cm³/mol. The van der Waals surface area contributed by atoms with Crippen molar-refractivity contribution < 1.29 is 27.5 Å². The smallest absolute Gasteiger partial charge is 0.390 e. The Labute approximate surface area is 196 Å². The van der Waals surface area contributed by atoms with E-state index in [2.05, 4.69) is 30.7 Å². The van der Waals surface area contributed by atoms with Gasteiger partial charge in [0.1, 0.15) is 17.3 Å². The minimum Gasteiger partial charge on any atom is -0.481 e. The van der Waals surface area contributed by atoms with Crippen molar-refractivity contribution in [2.75, 3.05) is 18.2 Å². The van der Waals surface area contributed by atoms with Crippen LogP contribution in [0, 0.1) is 0 Å². The van der Waals surface area contributed by atoms with Crippen LogP contribution in [0.3, 0.4) is 0 Å². The quantitative estimate of drug-likeness (QED) is 0.444. The first-order valence-electron chi connectivity index (χ1n) is 10.8. The zero-order valence-corrected chi connectivity index (χ0v) is 18.7. The number of amides is 2. The minimum absolute atomic E-state index is 0.0223. The fraction of sp³-hybridized carbons (Fsp3) is 0.429. The zero-order chi connectivity index (χ0) is 25.1. The van der Waals surface area contributed by atoms with Crippen LogP contribution in [0.25, 0.3) is 22.6 Å². The van der Waals surface area contributed by atoms with E-state index >= 15 is 0 Å². The molecule has 0 saturated heterocycles. The van der Waals surface area contributed by atoms with Crippen LogP contribution in [-0.2, 0) is 21.5 Å². The fourth-order valence-corrected chi connectivity index (χ4v) is 3.99. The summed E-state index contributed by atoms with van der Waals surface area (Å²) in [5.41, 5.74) is 4.99. The highest BCUT2D eigenvalue weighted by Crippen LogP contribution is 2.42. The van der Waals surface area contributed by atoms with Crippen LogP contribution in [-0.4, -0.2) is 55.9 Å². The van der Waals surface area contributed by atoms with Crippen LogP contribution < -0.4 is 21.1 Å². The summed E-state index contributed by atoms with van der Waals surface area (Å²) in [5, 5.41) is 10.0. The molecule has 11 nitrogen and oxygen atoms in total. The van der Waals surface area contributed by atoms with Gasteiger partial charge >= 0.3 is 6.18 Å². The van der Waals surface area contributed by atoms with Gasteiger partial charge in [0.15, 0.2) is 16.9 Å². The maximum atomic E-state index is 12.9. The van der Waals surface area contributed by atoms with Crippen molar-refractivity contribution in [3.05, 3.63) is 17.7 Å². The van der Waals surface area contributed by atoms with Crippen LogP contribution in [0.15, 0.2) is 12.1 Å². The summed E-state index contributed by atoms with van der Waals surface area (Å²) in [6.07, 6.45) is -3.85. The molecule has 184 valence electrons. The number of nitrogens with one attached hydrogen (secondary N) is 2. The molecule has 3 aromatic rings. The van der Waals surface area contributed by atoms with Gasteiger partial charge in [0.25, 0.3) is 0 Å². The molecule has 3 aromatic heterocycles. The molecule has 5 rings (SSSR count). The number of alkyl halides is 3. The number of carbonyl (C=O) groups excluding carboxylic acids is 2. The molecular weight excluding hydrogens is 469 g/mol. The van der Waals surface area contributed by atoms with E-state index in [9.17, 15) is 22.8 Å². The Bertz CT molecular complexity index is 1370. The number of nitrogens with two attached hydrogens (primary N) is 1. The number of fused-ring (bicyclic) bond motifs is 2. The van der Waals surface area contributed by atoms with E-state index in [1.165, 1.54) is 20.1 Å². The highest BCUT2D eigenvalue weighted by atomic mass is 19.4. The van der Waals surface area contributed by atoms with Crippen LogP contribution in [0.1, 0.15) is 31.7 Å². The number of aromatic nitrogens is 5. The number of rotatable bonds is 6. The highest BCUT2D eigenvalue weighted by molar-refractivity contribution is 6.21. The van der Waals surface area contributed by atoms with E-state index in [1.807, 2.05) is 0 Å². The topological polar surface area (TPSA) is 150 Å². The van der Waals surface area contributed by atoms with Gasteiger partial charge in [0.2, 0.25) is 17.7 Å². The second-order valence-electron chi connectivity index (χ2n) is 8.64. The Balaban J connectivity index is 1.59. The molecule has 35 heavy (non-hydrogen) atoms. The Hall–Kier alpha value is -3.97. The zero-order valence-electron chi connectivity index (χ0n) is 18.7. The maximum Gasteiger partial charge on any atom is 0.390 e. The number of aryl methyl sites for hydroxylation is 1. The molecule has 0 radical (unpaired) electrons.